The van der Waals surface area contributed by atoms with Crippen molar-refractivity contribution in [3.05, 3.63) is 23.8 Å². The average Bonchev–Trinajstić information content (AvgIpc) is 2.90. The van der Waals surface area contributed by atoms with Crippen molar-refractivity contribution in [2.75, 3.05) is 33.3 Å². The molecule has 3 rings (SSSR count). The van der Waals surface area contributed by atoms with Crippen LogP contribution in [0.25, 0.3) is 0 Å². The molecule has 2 heterocycles. The smallest absolute Gasteiger partial charge is 0.320 e. The number of carbonyl (C=O) groups is 1. The van der Waals surface area contributed by atoms with E-state index in [9.17, 15) is 15.0 Å². The van der Waals surface area contributed by atoms with Crippen LogP contribution >= 0.6 is 0 Å². The van der Waals surface area contributed by atoms with Crippen LogP contribution < -0.4 is 4.74 Å². The number of carboxylic acid groups (broad SMARTS) is 1. The topological polar surface area (TPSA) is 73.2 Å². The molecule has 0 aliphatic carbocycles. The summed E-state index contributed by atoms with van der Waals surface area (Å²) in [6.07, 6.45) is 2.84. The zero-order chi connectivity index (χ0) is 18.0. The Bertz CT molecular complexity index is 626. The normalized spacial score (nSPS) is 23.8. The lowest BCUT2D eigenvalue weighted by molar-refractivity contribution is -0.141. The third kappa shape index (κ3) is 3.90. The summed E-state index contributed by atoms with van der Waals surface area (Å²) >= 11 is 0. The van der Waals surface area contributed by atoms with Crippen molar-refractivity contribution in [1.82, 2.24) is 9.80 Å². The zero-order valence-electron chi connectivity index (χ0n) is 15.1. The van der Waals surface area contributed by atoms with Gasteiger partial charge in [-0.15, -0.1) is 0 Å². The molecular formula is C19H28N2O4. The summed E-state index contributed by atoms with van der Waals surface area (Å²) in [6, 6.07) is 5.20. The fourth-order valence-corrected chi connectivity index (χ4v) is 4.28. The minimum atomic E-state index is -0.700. The summed E-state index contributed by atoms with van der Waals surface area (Å²) in [4.78, 5) is 15.8. The third-order valence-corrected chi connectivity index (χ3v) is 5.68. The molecule has 1 spiro atoms. The molecule has 0 aromatic heterocycles. The van der Waals surface area contributed by atoms with Crippen molar-refractivity contribution in [2.24, 2.45) is 5.41 Å². The minimum Gasteiger partial charge on any atom is -0.504 e. The third-order valence-electron chi connectivity index (χ3n) is 5.68. The molecule has 1 aromatic carbocycles. The van der Waals surface area contributed by atoms with Crippen molar-refractivity contribution in [3.63, 3.8) is 0 Å². The fourth-order valence-electron chi connectivity index (χ4n) is 4.28. The van der Waals surface area contributed by atoms with Gasteiger partial charge in [-0.05, 0) is 69.4 Å². The van der Waals surface area contributed by atoms with Gasteiger partial charge >= 0.3 is 5.97 Å². The van der Waals surface area contributed by atoms with Gasteiger partial charge in [-0.1, -0.05) is 6.07 Å². The van der Waals surface area contributed by atoms with Crippen LogP contribution in [0.2, 0.25) is 0 Å². The highest BCUT2D eigenvalue weighted by molar-refractivity contribution is 5.74. The SMILES string of the molecule is CCOc1cc(CN2CCC3(CC2)C[C@@H](C(=O)O)N(C)C3)ccc1O. The maximum atomic E-state index is 11.4. The van der Waals surface area contributed by atoms with E-state index in [-0.39, 0.29) is 17.2 Å². The largest absolute Gasteiger partial charge is 0.504 e. The molecule has 2 aliphatic heterocycles. The molecule has 25 heavy (non-hydrogen) atoms. The molecule has 0 saturated carbocycles. The zero-order valence-corrected chi connectivity index (χ0v) is 15.1. The fraction of sp³-hybridized carbons (Fsp3) is 0.632. The highest BCUT2D eigenvalue weighted by Crippen LogP contribution is 2.43. The van der Waals surface area contributed by atoms with Gasteiger partial charge in [-0.2, -0.15) is 0 Å². The number of phenolic OH excluding ortho intramolecular Hbond substituents is 1. The monoisotopic (exact) mass is 348 g/mol. The first kappa shape index (κ1) is 18.0. The molecule has 6 heteroatoms. The Morgan fingerprint density at radius 3 is 2.68 bits per heavy atom. The molecule has 2 saturated heterocycles. The lowest BCUT2D eigenvalue weighted by atomic mass is 9.76. The van der Waals surface area contributed by atoms with Crippen LogP contribution in [0.5, 0.6) is 11.5 Å². The Morgan fingerprint density at radius 1 is 1.36 bits per heavy atom. The summed E-state index contributed by atoms with van der Waals surface area (Å²) < 4.78 is 5.46. The lowest BCUT2D eigenvalue weighted by Crippen LogP contribution is -2.40. The number of ether oxygens (including phenoxy) is 1. The van der Waals surface area contributed by atoms with Crippen molar-refractivity contribution in [1.29, 1.82) is 0 Å². The van der Waals surface area contributed by atoms with Crippen LogP contribution in [0.1, 0.15) is 31.7 Å². The predicted octanol–water partition coefficient (Wildman–Crippen LogP) is 2.16. The van der Waals surface area contributed by atoms with E-state index in [1.807, 2.05) is 31.0 Å². The molecule has 1 atom stereocenters. The van der Waals surface area contributed by atoms with E-state index >= 15 is 0 Å². The molecule has 2 N–H and O–H groups in total. The first-order chi connectivity index (χ1) is 11.9. The van der Waals surface area contributed by atoms with Gasteiger partial charge in [0.25, 0.3) is 0 Å². The van der Waals surface area contributed by atoms with E-state index < -0.39 is 5.97 Å². The average molecular weight is 348 g/mol. The van der Waals surface area contributed by atoms with E-state index in [1.165, 1.54) is 0 Å². The minimum absolute atomic E-state index is 0.153. The maximum absolute atomic E-state index is 11.4. The standard InChI is InChI=1S/C19H28N2O4/c1-3-25-17-10-14(4-5-16(17)22)12-21-8-6-19(7-9-21)11-15(18(23)24)20(2)13-19/h4-5,10,15,22H,3,6-9,11-13H2,1-2H3,(H,23,24)/t15-/m0/s1. The van der Waals surface area contributed by atoms with Gasteiger partial charge in [0, 0.05) is 13.1 Å². The number of carboxylic acids is 1. The van der Waals surface area contributed by atoms with Crippen LogP contribution in [-0.2, 0) is 11.3 Å². The van der Waals surface area contributed by atoms with Crippen LogP contribution in [-0.4, -0.2) is 65.3 Å². The Kier molecular flexibility index (Phi) is 5.20. The number of aliphatic carboxylic acids is 1. The molecular weight excluding hydrogens is 320 g/mol. The lowest BCUT2D eigenvalue weighted by Gasteiger charge is -2.39. The number of phenols is 1. The van der Waals surface area contributed by atoms with Crippen molar-refractivity contribution >= 4 is 5.97 Å². The number of likely N-dealkylation sites (tertiary alicyclic amines) is 2. The second-order valence-electron chi connectivity index (χ2n) is 7.48. The van der Waals surface area contributed by atoms with Gasteiger partial charge < -0.3 is 14.9 Å². The van der Waals surface area contributed by atoms with E-state index in [1.54, 1.807) is 6.07 Å². The molecule has 0 bridgehead atoms. The molecule has 0 amide bonds. The van der Waals surface area contributed by atoms with Crippen LogP contribution in [0.4, 0.5) is 0 Å². The van der Waals surface area contributed by atoms with Gasteiger partial charge in [0.05, 0.1) is 6.61 Å². The van der Waals surface area contributed by atoms with E-state index in [2.05, 4.69) is 4.90 Å². The number of likely N-dealkylation sites (N-methyl/N-ethyl adjacent to an activating group) is 1. The van der Waals surface area contributed by atoms with E-state index in [0.29, 0.717) is 12.4 Å². The predicted molar refractivity (Wildman–Crippen MR) is 94.9 cm³/mol. The summed E-state index contributed by atoms with van der Waals surface area (Å²) in [5.41, 5.74) is 1.28. The quantitative estimate of drug-likeness (QED) is 0.850. The maximum Gasteiger partial charge on any atom is 0.320 e. The Labute approximate surface area is 149 Å². The highest BCUT2D eigenvalue weighted by atomic mass is 16.5. The molecule has 2 aliphatic rings. The van der Waals surface area contributed by atoms with Gasteiger partial charge in [0.15, 0.2) is 11.5 Å². The van der Waals surface area contributed by atoms with Gasteiger partial charge in [-0.25, -0.2) is 0 Å². The summed E-state index contributed by atoms with van der Waals surface area (Å²) in [5, 5.41) is 19.2. The van der Waals surface area contributed by atoms with Crippen LogP contribution in [0, 0.1) is 5.41 Å². The summed E-state index contributed by atoms with van der Waals surface area (Å²) in [6.45, 7) is 6.09. The highest BCUT2D eigenvalue weighted by Gasteiger charge is 2.46. The number of nitrogens with zero attached hydrogens (tertiary/aromatic N) is 2. The molecule has 0 unspecified atom stereocenters. The molecule has 6 nitrogen and oxygen atoms in total. The van der Waals surface area contributed by atoms with E-state index in [4.69, 9.17) is 4.74 Å². The molecule has 1 aromatic rings. The number of piperidine rings is 1. The summed E-state index contributed by atoms with van der Waals surface area (Å²) in [5.74, 6) is 0.0152. The van der Waals surface area contributed by atoms with Gasteiger partial charge in [0.1, 0.15) is 6.04 Å². The van der Waals surface area contributed by atoms with E-state index in [0.717, 1.165) is 51.0 Å². The van der Waals surface area contributed by atoms with Crippen molar-refractivity contribution in [3.8, 4) is 11.5 Å². The van der Waals surface area contributed by atoms with Crippen LogP contribution in [0.15, 0.2) is 18.2 Å². The van der Waals surface area contributed by atoms with Crippen molar-refractivity contribution in [2.45, 2.75) is 38.8 Å². The summed E-state index contributed by atoms with van der Waals surface area (Å²) in [7, 11) is 1.92. The molecule has 138 valence electrons. The van der Waals surface area contributed by atoms with Crippen molar-refractivity contribution < 1.29 is 19.7 Å². The second-order valence-corrected chi connectivity index (χ2v) is 7.48. The van der Waals surface area contributed by atoms with Crippen LogP contribution in [0.3, 0.4) is 0 Å². The Hall–Kier alpha value is -1.79. The van der Waals surface area contributed by atoms with Gasteiger partial charge in [-0.3, -0.25) is 14.6 Å². The number of rotatable bonds is 5. The van der Waals surface area contributed by atoms with Gasteiger partial charge in [0.2, 0.25) is 0 Å². The number of hydrogen-bond donors (Lipinski definition) is 2. The molecule has 0 radical (unpaired) electrons. The Morgan fingerprint density at radius 2 is 2.08 bits per heavy atom. The number of aromatic hydroxyl groups is 1. The molecule has 2 fully saturated rings. The Balaban J connectivity index is 1.58. The second kappa shape index (κ2) is 7.22. The number of hydrogen-bond acceptors (Lipinski definition) is 5. The first-order valence-electron chi connectivity index (χ1n) is 9.02. The first-order valence-corrected chi connectivity index (χ1v) is 9.02. The number of benzene rings is 1.